The Bertz CT molecular complexity index is 1160. The predicted molar refractivity (Wildman–Crippen MR) is 125 cm³/mol. The summed E-state index contributed by atoms with van der Waals surface area (Å²) in [6.07, 6.45) is 1.90. The van der Waals surface area contributed by atoms with Gasteiger partial charge in [-0.2, -0.15) is 0 Å². The Labute approximate surface area is 205 Å². The highest BCUT2D eigenvalue weighted by Crippen LogP contribution is 2.45. The topological polar surface area (TPSA) is 113 Å². The first-order valence-electron chi connectivity index (χ1n) is 11.3. The zero-order chi connectivity index (χ0) is 25.2. The van der Waals surface area contributed by atoms with E-state index in [0.717, 1.165) is 29.8 Å². The average Bonchev–Trinajstić information content (AvgIpc) is 3.29. The Balaban J connectivity index is 1.69. The molecule has 2 aromatic rings. The van der Waals surface area contributed by atoms with E-state index in [1.165, 1.54) is 5.56 Å². The van der Waals surface area contributed by atoms with Gasteiger partial charge in [-0.25, -0.2) is 8.42 Å². The van der Waals surface area contributed by atoms with Crippen molar-refractivity contribution in [1.29, 1.82) is 0 Å². The van der Waals surface area contributed by atoms with E-state index in [4.69, 9.17) is 23.7 Å². The van der Waals surface area contributed by atoms with Crippen molar-refractivity contribution in [2.75, 3.05) is 54.9 Å². The minimum Gasteiger partial charge on any atom is -0.726 e. The van der Waals surface area contributed by atoms with Crippen LogP contribution >= 0.6 is 0 Å². The molecule has 10 nitrogen and oxygen atoms in total. The number of nitrogens with zero attached hydrogens (tertiary/aromatic N) is 1. The molecule has 2 aromatic carbocycles. The molecule has 0 spiro atoms. The third kappa shape index (κ3) is 5.43. The van der Waals surface area contributed by atoms with Crippen molar-refractivity contribution >= 4 is 10.4 Å². The first kappa shape index (κ1) is 25.4. The summed E-state index contributed by atoms with van der Waals surface area (Å²) in [5, 5.41) is 0. The van der Waals surface area contributed by atoms with Gasteiger partial charge >= 0.3 is 0 Å². The van der Waals surface area contributed by atoms with Crippen molar-refractivity contribution in [3.8, 4) is 28.7 Å². The van der Waals surface area contributed by atoms with Crippen LogP contribution in [0.4, 0.5) is 0 Å². The maximum atomic E-state index is 10.9. The van der Waals surface area contributed by atoms with Gasteiger partial charge in [-0.3, -0.25) is 4.18 Å². The average molecular weight is 510 g/mol. The van der Waals surface area contributed by atoms with Crippen LogP contribution in [0.25, 0.3) is 0 Å². The summed E-state index contributed by atoms with van der Waals surface area (Å²) in [4.78, 5) is 0. The summed E-state index contributed by atoms with van der Waals surface area (Å²) in [6, 6.07) is 8.01. The van der Waals surface area contributed by atoms with Crippen molar-refractivity contribution < 1.29 is 45.3 Å². The van der Waals surface area contributed by atoms with Gasteiger partial charge in [-0.1, -0.05) is 0 Å². The molecule has 192 valence electrons. The first-order valence-corrected chi connectivity index (χ1v) is 12.7. The van der Waals surface area contributed by atoms with Crippen LogP contribution in [0.3, 0.4) is 0 Å². The minimum absolute atomic E-state index is 0.0138. The molecule has 0 aromatic heterocycles. The normalized spacial score (nSPS) is 20.9. The lowest BCUT2D eigenvalue weighted by Gasteiger charge is -2.46. The lowest BCUT2D eigenvalue weighted by Crippen LogP contribution is -2.52. The second kappa shape index (κ2) is 10.1. The predicted octanol–water partition coefficient (Wildman–Crippen LogP) is 2.59. The molecular formula is C24H31NO9S. The SMILES string of the molecule is COc1cc(C[C@@H]2c3cc4c(cc3CC[N@@+]2(C)CCCOS(=O)(=O)[O-])OCO4)cc(OC)c1OC. The zero-order valence-corrected chi connectivity index (χ0v) is 21.2. The standard InChI is InChI=1S/C24H31NO9S/c1-25(7-5-9-34-35(26,27)28)8-6-17-13-20-21(33-15-32-20)14-18(17)19(25)10-16-11-22(29-2)24(31-4)23(12-16)30-3/h11-14,19H,5-10,15H2,1-4H3/t19-,25-/m1/s1. The summed E-state index contributed by atoms with van der Waals surface area (Å²) in [5.74, 6) is 3.14. The highest BCUT2D eigenvalue weighted by molar-refractivity contribution is 7.80. The second-order valence-electron chi connectivity index (χ2n) is 8.92. The molecule has 4 rings (SSSR count). The van der Waals surface area contributed by atoms with Crippen LogP contribution in [0.2, 0.25) is 0 Å². The number of hydrogen-bond acceptors (Lipinski definition) is 9. The fraction of sp³-hybridized carbons (Fsp3) is 0.500. The van der Waals surface area contributed by atoms with Crippen LogP contribution in [0.1, 0.15) is 29.2 Å². The van der Waals surface area contributed by atoms with Gasteiger partial charge in [-0.15, -0.1) is 0 Å². The summed E-state index contributed by atoms with van der Waals surface area (Å²) < 4.78 is 65.5. The second-order valence-corrected chi connectivity index (χ2v) is 9.97. The number of rotatable bonds is 10. The van der Waals surface area contributed by atoms with E-state index in [9.17, 15) is 13.0 Å². The summed E-state index contributed by atoms with van der Waals surface area (Å²) >= 11 is 0. The molecule has 0 aliphatic carbocycles. The van der Waals surface area contributed by atoms with Gasteiger partial charge in [0.25, 0.3) is 0 Å². The van der Waals surface area contributed by atoms with E-state index in [1.807, 2.05) is 12.1 Å². The van der Waals surface area contributed by atoms with Gasteiger partial charge in [0.1, 0.15) is 6.04 Å². The van der Waals surface area contributed by atoms with Crippen LogP contribution < -0.4 is 23.7 Å². The molecule has 0 amide bonds. The van der Waals surface area contributed by atoms with Gasteiger partial charge in [0, 0.05) is 24.8 Å². The number of fused-ring (bicyclic) bond motifs is 2. The van der Waals surface area contributed by atoms with Crippen LogP contribution in [0.15, 0.2) is 24.3 Å². The smallest absolute Gasteiger partial charge is 0.231 e. The third-order valence-corrected chi connectivity index (χ3v) is 7.29. The zero-order valence-electron chi connectivity index (χ0n) is 20.4. The minimum atomic E-state index is -4.71. The quantitative estimate of drug-likeness (QED) is 0.206. The third-order valence-electron chi connectivity index (χ3n) is 6.83. The Kier molecular flexibility index (Phi) is 7.32. The fourth-order valence-corrected chi connectivity index (χ4v) is 5.38. The molecule has 35 heavy (non-hydrogen) atoms. The molecule has 2 heterocycles. The van der Waals surface area contributed by atoms with Gasteiger partial charge in [-0.05, 0) is 35.4 Å². The van der Waals surface area contributed by atoms with Crippen LogP contribution in [0, 0.1) is 0 Å². The first-order chi connectivity index (χ1) is 16.7. The maximum Gasteiger partial charge on any atom is 0.231 e. The number of benzene rings is 2. The van der Waals surface area contributed by atoms with Gasteiger partial charge in [0.15, 0.2) is 23.0 Å². The molecule has 0 saturated heterocycles. The number of quaternary nitrogens is 1. The van der Waals surface area contributed by atoms with Gasteiger partial charge < -0.3 is 32.7 Å². The Morgan fingerprint density at radius 1 is 1.03 bits per heavy atom. The lowest BCUT2D eigenvalue weighted by molar-refractivity contribution is -0.941. The molecule has 0 saturated carbocycles. The summed E-state index contributed by atoms with van der Waals surface area (Å²) in [6.45, 7) is 1.50. The molecule has 11 heteroatoms. The molecule has 0 unspecified atom stereocenters. The molecule has 2 atom stereocenters. The Morgan fingerprint density at radius 2 is 1.69 bits per heavy atom. The van der Waals surface area contributed by atoms with Gasteiger partial charge in [0.05, 0.1) is 48.1 Å². The lowest BCUT2D eigenvalue weighted by atomic mass is 9.86. The fourth-order valence-electron chi connectivity index (χ4n) is 5.06. The summed E-state index contributed by atoms with van der Waals surface area (Å²) in [5.41, 5.74) is 3.34. The highest BCUT2D eigenvalue weighted by atomic mass is 32.3. The molecule has 0 N–H and O–H groups in total. The van der Waals surface area contributed by atoms with Crippen molar-refractivity contribution in [2.24, 2.45) is 0 Å². The van der Waals surface area contributed by atoms with E-state index in [1.54, 1.807) is 21.3 Å². The Morgan fingerprint density at radius 3 is 2.29 bits per heavy atom. The van der Waals surface area contributed by atoms with Crippen LogP contribution in [-0.4, -0.2) is 72.3 Å². The van der Waals surface area contributed by atoms with E-state index in [2.05, 4.69) is 23.4 Å². The van der Waals surface area contributed by atoms with Crippen molar-refractivity contribution in [1.82, 2.24) is 0 Å². The van der Waals surface area contributed by atoms with E-state index in [0.29, 0.717) is 46.9 Å². The molecular weight excluding hydrogens is 478 g/mol. The van der Waals surface area contributed by atoms with E-state index < -0.39 is 10.4 Å². The number of likely N-dealkylation sites (N-methyl/N-ethyl adjacent to an activating group) is 1. The van der Waals surface area contributed by atoms with Crippen molar-refractivity contribution in [3.05, 3.63) is 41.0 Å². The number of hydrogen-bond donors (Lipinski definition) is 0. The molecule has 0 bridgehead atoms. The highest BCUT2D eigenvalue weighted by Gasteiger charge is 2.40. The van der Waals surface area contributed by atoms with Crippen molar-refractivity contribution in [2.45, 2.75) is 25.3 Å². The largest absolute Gasteiger partial charge is 0.726 e. The van der Waals surface area contributed by atoms with Crippen LogP contribution in [-0.2, 0) is 27.4 Å². The van der Waals surface area contributed by atoms with Crippen LogP contribution in [0.5, 0.6) is 28.7 Å². The van der Waals surface area contributed by atoms with E-state index in [-0.39, 0.29) is 19.4 Å². The molecule has 2 aliphatic heterocycles. The summed E-state index contributed by atoms with van der Waals surface area (Å²) in [7, 11) is 2.17. The molecule has 0 radical (unpaired) electrons. The van der Waals surface area contributed by atoms with Crippen molar-refractivity contribution in [3.63, 3.8) is 0 Å². The number of ether oxygens (including phenoxy) is 5. The van der Waals surface area contributed by atoms with E-state index >= 15 is 0 Å². The number of methoxy groups -OCH3 is 3. The monoisotopic (exact) mass is 509 g/mol. The molecule has 2 aliphatic rings. The maximum absolute atomic E-state index is 10.9. The Hall–Kier alpha value is -2.73. The van der Waals surface area contributed by atoms with Gasteiger partial charge in [0.2, 0.25) is 22.9 Å². The molecule has 0 fully saturated rings.